The van der Waals surface area contributed by atoms with Gasteiger partial charge in [0.15, 0.2) is 0 Å². The first-order valence-electron chi connectivity index (χ1n) is 14.1. The second-order valence-corrected chi connectivity index (χ2v) is 12.0. The minimum absolute atomic E-state index is 0.0666. The molecule has 0 bridgehead atoms. The first-order chi connectivity index (χ1) is 21.2. The van der Waals surface area contributed by atoms with Gasteiger partial charge in [-0.2, -0.15) is 8.42 Å². The number of aryl methyl sites for hydroxylation is 3. The molecule has 7 rings (SSSR count). The minimum atomic E-state index is -4.02. The maximum absolute atomic E-state index is 13.4. The van der Waals surface area contributed by atoms with E-state index in [9.17, 15) is 13.2 Å². The molecule has 7 aromatic rings. The van der Waals surface area contributed by atoms with Gasteiger partial charge in [0.05, 0.1) is 38.8 Å². The van der Waals surface area contributed by atoms with Crippen molar-refractivity contribution >= 4 is 43.0 Å². The van der Waals surface area contributed by atoms with Crippen LogP contribution in [0.15, 0.2) is 119 Å². The van der Waals surface area contributed by atoms with E-state index in [0.29, 0.717) is 0 Å². The molecule has 1 N–H and O–H groups in total. The van der Waals surface area contributed by atoms with Crippen LogP contribution in [0.5, 0.6) is 0 Å². The number of aromatic nitrogens is 4. The smallest absolute Gasteiger partial charge is 0.293 e. The maximum Gasteiger partial charge on any atom is 0.333 e. The molecule has 0 atom stereocenters. The summed E-state index contributed by atoms with van der Waals surface area (Å²) in [5.41, 5.74) is 8.53. The molecule has 0 radical (unpaired) electrons. The van der Waals surface area contributed by atoms with Crippen molar-refractivity contribution in [2.75, 3.05) is 0 Å². The highest BCUT2D eigenvalue weighted by molar-refractivity contribution is 7.85. The molecular weight excluding hydrogens is 572 g/mol. The Bertz CT molecular complexity index is 2340. The summed E-state index contributed by atoms with van der Waals surface area (Å²) in [5, 5.41) is 2.04. The molecule has 0 saturated heterocycles. The number of nitrogens with zero attached hydrogens (tertiary/aromatic N) is 4. The highest BCUT2D eigenvalue weighted by atomic mass is 32.2. The fraction of sp³-hybridized carbons (Fsp3) is 0.114. The van der Waals surface area contributed by atoms with Gasteiger partial charge in [-0.05, 0) is 66.9 Å². The van der Waals surface area contributed by atoms with Gasteiger partial charge in [0.25, 0.3) is 10.1 Å². The van der Waals surface area contributed by atoms with E-state index in [0.717, 1.165) is 67.2 Å². The van der Waals surface area contributed by atoms with Crippen molar-refractivity contribution in [2.45, 2.75) is 25.2 Å². The second kappa shape index (κ2) is 11.5. The number of rotatable bonds is 4. The van der Waals surface area contributed by atoms with Crippen molar-refractivity contribution < 1.29 is 13.0 Å². The van der Waals surface area contributed by atoms with Crippen molar-refractivity contribution in [2.24, 2.45) is 7.05 Å². The van der Waals surface area contributed by atoms with E-state index in [1.807, 2.05) is 60.2 Å². The summed E-state index contributed by atoms with van der Waals surface area (Å²) in [6.07, 6.45) is 4.54. The predicted molar refractivity (Wildman–Crippen MR) is 175 cm³/mol. The predicted octanol–water partition coefficient (Wildman–Crippen LogP) is 6.90. The highest BCUT2D eigenvalue weighted by Crippen LogP contribution is 2.31. The summed E-state index contributed by atoms with van der Waals surface area (Å²) in [6.45, 7) is 3.95. The SMILES string of the molecule is CCc1ccccc1-n1c(=O)n(C)c2cnc3ccc(-c4cnc5ccccc5c4)cc3c21.Cc1ccc(S(=O)(=O)O)cc1. The number of hydrogen-bond acceptors (Lipinski definition) is 5. The van der Waals surface area contributed by atoms with Crippen LogP contribution in [0.2, 0.25) is 0 Å². The third kappa shape index (κ3) is 5.39. The van der Waals surface area contributed by atoms with E-state index in [1.54, 1.807) is 29.9 Å². The summed E-state index contributed by atoms with van der Waals surface area (Å²) in [7, 11) is -2.21. The van der Waals surface area contributed by atoms with Gasteiger partial charge in [-0.3, -0.25) is 23.7 Å². The summed E-state index contributed by atoms with van der Waals surface area (Å²) >= 11 is 0. The Morgan fingerprint density at radius 1 is 0.795 bits per heavy atom. The van der Waals surface area contributed by atoms with E-state index in [2.05, 4.69) is 47.2 Å². The first kappa shape index (κ1) is 29.0. The number of para-hydroxylation sites is 2. The molecule has 0 aliphatic carbocycles. The van der Waals surface area contributed by atoms with Crippen LogP contribution >= 0.6 is 0 Å². The molecule has 8 nitrogen and oxygen atoms in total. The third-order valence-corrected chi connectivity index (χ3v) is 8.61. The molecule has 220 valence electrons. The first-order valence-corrected chi connectivity index (χ1v) is 15.6. The van der Waals surface area contributed by atoms with Crippen LogP contribution < -0.4 is 5.69 Å². The Labute approximate surface area is 254 Å². The maximum atomic E-state index is 13.4. The van der Waals surface area contributed by atoms with Gasteiger partial charge in [-0.1, -0.05) is 67.1 Å². The zero-order chi connectivity index (χ0) is 31.0. The van der Waals surface area contributed by atoms with Gasteiger partial charge in [-0.25, -0.2) is 4.79 Å². The van der Waals surface area contributed by atoms with Crippen LogP contribution in [-0.2, 0) is 23.6 Å². The average Bonchev–Trinajstić information content (AvgIpc) is 3.30. The number of hydrogen-bond donors (Lipinski definition) is 1. The molecule has 0 amide bonds. The topological polar surface area (TPSA) is 107 Å². The number of fused-ring (bicyclic) bond motifs is 4. The van der Waals surface area contributed by atoms with Gasteiger partial charge in [-0.15, -0.1) is 0 Å². The molecule has 0 aliphatic heterocycles. The Kier molecular flexibility index (Phi) is 7.59. The fourth-order valence-corrected chi connectivity index (χ4v) is 5.85. The van der Waals surface area contributed by atoms with Crippen molar-refractivity contribution in [3.05, 3.63) is 131 Å². The number of pyridine rings is 2. The lowest BCUT2D eigenvalue weighted by atomic mass is 10.0. The zero-order valence-electron chi connectivity index (χ0n) is 24.5. The molecule has 3 heterocycles. The molecule has 3 aromatic heterocycles. The molecule has 0 saturated carbocycles. The van der Waals surface area contributed by atoms with E-state index in [-0.39, 0.29) is 10.6 Å². The van der Waals surface area contributed by atoms with Crippen molar-refractivity contribution in [3.63, 3.8) is 0 Å². The van der Waals surface area contributed by atoms with Crippen LogP contribution in [-0.4, -0.2) is 32.1 Å². The molecule has 9 heteroatoms. The highest BCUT2D eigenvalue weighted by Gasteiger charge is 2.18. The van der Waals surface area contributed by atoms with E-state index >= 15 is 0 Å². The Morgan fingerprint density at radius 3 is 2.25 bits per heavy atom. The van der Waals surface area contributed by atoms with Crippen LogP contribution in [0.3, 0.4) is 0 Å². The van der Waals surface area contributed by atoms with E-state index < -0.39 is 10.1 Å². The Morgan fingerprint density at radius 2 is 1.50 bits per heavy atom. The van der Waals surface area contributed by atoms with Crippen molar-refractivity contribution in [1.82, 2.24) is 19.1 Å². The monoisotopic (exact) mass is 602 g/mol. The van der Waals surface area contributed by atoms with Crippen molar-refractivity contribution in [1.29, 1.82) is 0 Å². The lowest BCUT2D eigenvalue weighted by Gasteiger charge is -2.11. The lowest BCUT2D eigenvalue weighted by Crippen LogP contribution is -2.21. The Hall–Kier alpha value is -5.12. The molecular formula is C35H30N4O4S. The second-order valence-electron chi connectivity index (χ2n) is 10.6. The summed E-state index contributed by atoms with van der Waals surface area (Å²) in [4.78, 5) is 22.6. The van der Waals surface area contributed by atoms with Gasteiger partial charge in [0, 0.05) is 29.6 Å². The third-order valence-electron chi connectivity index (χ3n) is 7.74. The number of benzene rings is 4. The normalized spacial score (nSPS) is 11.5. The van der Waals surface area contributed by atoms with E-state index in [4.69, 9.17) is 4.55 Å². The Balaban J connectivity index is 0.000000265. The standard InChI is InChI=1S/C28H22N4O.C7H8O3S/c1-3-18-8-5-7-11-25(18)32-27-22-15-19(21-14-20-9-4-6-10-23(20)29-16-21)12-13-24(22)30-17-26(27)31(2)28(32)33;1-6-2-4-7(5-3-6)11(8,9)10/h4-17H,3H2,1-2H3;2-5H,1H3,(H,8,9,10). The molecule has 0 aliphatic rings. The largest absolute Gasteiger partial charge is 0.333 e. The summed E-state index contributed by atoms with van der Waals surface area (Å²) in [6, 6.07) is 30.6. The summed E-state index contributed by atoms with van der Waals surface area (Å²) in [5.74, 6) is 0. The van der Waals surface area contributed by atoms with Crippen LogP contribution in [0.4, 0.5) is 0 Å². The zero-order valence-corrected chi connectivity index (χ0v) is 25.3. The molecule has 0 unspecified atom stereocenters. The quantitative estimate of drug-likeness (QED) is 0.220. The van der Waals surface area contributed by atoms with Crippen LogP contribution in [0.1, 0.15) is 18.1 Å². The molecule has 0 fully saturated rings. The van der Waals surface area contributed by atoms with Crippen molar-refractivity contribution in [3.8, 4) is 16.8 Å². The van der Waals surface area contributed by atoms with Gasteiger partial charge >= 0.3 is 5.69 Å². The molecule has 0 spiro atoms. The van der Waals surface area contributed by atoms with Gasteiger partial charge < -0.3 is 0 Å². The molecule has 44 heavy (non-hydrogen) atoms. The van der Waals surface area contributed by atoms with E-state index in [1.165, 1.54) is 12.1 Å². The van der Waals surface area contributed by atoms with Gasteiger partial charge in [0.2, 0.25) is 0 Å². The fourth-order valence-electron chi connectivity index (χ4n) is 5.37. The number of imidazole rings is 1. The molecule has 4 aromatic carbocycles. The average molecular weight is 603 g/mol. The van der Waals surface area contributed by atoms with Gasteiger partial charge in [0.1, 0.15) is 0 Å². The van der Waals surface area contributed by atoms with Crippen LogP contribution in [0, 0.1) is 6.92 Å². The van der Waals surface area contributed by atoms with Crippen LogP contribution in [0.25, 0.3) is 49.7 Å². The lowest BCUT2D eigenvalue weighted by molar-refractivity contribution is 0.483. The summed E-state index contributed by atoms with van der Waals surface area (Å²) < 4.78 is 33.1. The minimum Gasteiger partial charge on any atom is -0.293 e.